The van der Waals surface area contributed by atoms with E-state index in [9.17, 15) is 14.7 Å². The maximum atomic E-state index is 12.6. The molecular weight excluding hydrogens is 343 g/mol. The van der Waals surface area contributed by atoms with E-state index in [0.717, 1.165) is 24.9 Å². The summed E-state index contributed by atoms with van der Waals surface area (Å²) in [4.78, 5) is 24.2. The molecule has 0 saturated carbocycles. The first-order valence-electron chi connectivity index (χ1n) is 8.78. The summed E-state index contributed by atoms with van der Waals surface area (Å²) >= 11 is 0. The maximum absolute atomic E-state index is 12.6. The van der Waals surface area contributed by atoms with Gasteiger partial charge in [-0.3, -0.25) is 4.79 Å². The summed E-state index contributed by atoms with van der Waals surface area (Å²) in [5.74, 6) is -2.49. The Morgan fingerprint density at radius 1 is 1.27 bits per heavy atom. The van der Waals surface area contributed by atoms with Crippen LogP contribution in [0.4, 0.5) is 0 Å². The number of rotatable bonds is 8. The normalized spacial score (nSPS) is 21.1. The number of ether oxygens (including phenoxy) is 1. The number of hydrogen-bond donors (Lipinski definition) is 2. The van der Waals surface area contributed by atoms with E-state index in [-0.39, 0.29) is 47.6 Å². The standard InChI is InChI=1S/C19H28N2O4.Na/c1-12(14-8-5-4-6-9-14)16(19(23)24)21-18(22)13(2)17(25-3)15-10-7-11-20-15;/h4-6,8-9,12-13,15-17,20H,7,10-11H2,1-3H3,(H,21,22)(H,23,24);/q;+1/p-1/t12?,13-,15+,16+,17-;/m1./s1. The van der Waals surface area contributed by atoms with Crippen molar-refractivity contribution < 1.29 is 49.0 Å². The van der Waals surface area contributed by atoms with E-state index in [1.165, 1.54) is 0 Å². The number of carboxylic acid groups (broad SMARTS) is 1. The summed E-state index contributed by atoms with van der Waals surface area (Å²) in [6, 6.07) is 8.26. The van der Waals surface area contributed by atoms with Crippen molar-refractivity contribution in [1.29, 1.82) is 0 Å². The molecule has 26 heavy (non-hydrogen) atoms. The van der Waals surface area contributed by atoms with E-state index in [2.05, 4.69) is 10.6 Å². The largest absolute Gasteiger partial charge is 1.00 e. The van der Waals surface area contributed by atoms with Crippen molar-refractivity contribution in [3.05, 3.63) is 35.9 Å². The molecule has 1 amide bonds. The van der Waals surface area contributed by atoms with Gasteiger partial charge >= 0.3 is 29.6 Å². The minimum absolute atomic E-state index is 0. The Kier molecular flexibility index (Phi) is 9.82. The summed E-state index contributed by atoms with van der Waals surface area (Å²) in [6.45, 7) is 4.45. The zero-order valence-electron chi connectivity index (χ0n) is 16.0. The summed E-state index contributed by atoms with van der Waals surface area (Å²) in [5, 5.41) is 17.6. The van der Waals surface area contributed by atoms with E-state index >= 15 is 0 Å². The topological polar surface area (TPSA) is 90.5 Å². The van der Waals surface area contributed by atoms with Gasteiger partial charge in [0.25, 0.3) is 0 Å². The molecule has 1 aliphatic heterocycles. The Balaban J connectivity index is 0.00000338. The second kappa shape index (κ2) is 11.0. The van der Waals surface area contributed by atoms with Crippen LogP contribution in [0, 0.1) is 5.92 Å². The van der Waals surface area contributed by atoms with Gasteiger partial charge in [-0.1, -0.05) is 44.2 Å². The van der Waals surface area contributed by atoms with Gasteiger partial charge < -0.3 is 25.3 Å². The number of hydrogen-bond acceptors (Lipinski definition) is 5. The molecule has 1 unspecified atom stereocenters. The van der Waals surface area contributed by atoms with E-state index in [4.69, 9.17) is 4.74 Å². The molecule has 138 valence electrons. The van der Waals surface area contributed by atoms with Crippen LogP contribution >= 0.6 is 0 Å². The van der Waals surface area contributed by atoms with Gasteiger partial charge in [-0.2, -0.15) is 0 Å². The molecule has 1 aromatic carbocycles. The van der Waals surface area contributed by atoms with Gasteiger partial charge in [0.05, 0.1) is 24.0 Å². The van der Waals surface area contributed by atoms with Crippen molar-refractivity contribution in [3.63, 3.8) is 0 Å². The van der Waals surface area contributed by atoms with E-state index in [1.54, 1.807) is 21.0 Å². The molecule has 0 aliphatic carbocycles. The van der Waals surface area contributed by atoms with Crippen LogP contribution in [0.1, 0.15) is 38.2 Å². The Morgan fingerprint density at radius 2 is 1.92 bits per heavy atom. The summed E-state index contributed by atoms with van der Waals surface area (Å²) in [7, 11) is 1.58. The zero-order valence-corrected chi connectivity index (χ0v) is 18.0. The van der Waals surface area contributed by atoms with Crippen molar-refractivity contribution in [2.75, 3.05) is 13.7 Å². The fourth-order valence-corrected chi connectivity index (χ4v) is 3.48. The average molecular weight is 370 g/mol. The van der Waals surface area contributed by atoms with Crippen molar-refractivity contribution in [2.45, 2.75) is 50.8 Å². The Labute approximate surface area is 177 Å². The van der Waals surface area contributed by atoms with Crippen molar-refractivity contribution in [1.82, 2.24) is 10.6 Å². The van der Waals surface area contributed by atoms with Gasteiger partial charge in [0, 0.05) is 19.1 Å². The van der Waals surface area contributed by atoms with Crippen LogP contribution in [0.25, 0.3) is 0 Å². The third kappa shape index (κ3) is 5.79. The molecular formula is C19H27N2NaO4. The second-order valence-electron chi connectivity index (χ2n) is 6.70. The van der Waals surface area contributed by atoms with Crippen LogP contribution in [-0.4, -0.2) is 43.7 Å². The first-order valence-corrected chi connectivity index (χ1v) is 8.78. The third-order valence-corrected chi connectivity index (χ3v) is 5.05. The SMILES string of the molecule is CO[C@@H]([C@@H]1CCCN1)[C@@H](C)C(=O)N[C@H](C(=O)[O-])C(C)c1ccccc1.[Na+]. The number of aliphatic carboxylic acids is 1. The molecule has 2 N–H and O–H groups in total. The van der Waals surface area contributed by atoms with E-state index < -0.39 is 23.8 Å². The minimum atomic E-state index is -1.29. The number of benzene rings is 1. The number of nitrogens with one attached hydrogen (secondary N) is 2. The van der Waals surface area contributed by atoms with Crippen LogP contribution in [0.3, 0.4) is 0 Å². The number of amides is 1. The predicted molar refractivity (Wildman–Crippen MR) is 92.8 cm³/mol. The van der Waals surface area contributed by atoms with Crippen molar-refractivity contribution in [3.8, 4) is 0 Å². The molecule has 5 atom stereocenters. The quantitative estimate of drug-likeness (QED) is 0.491. The van der Waals surface area contributed by atoms with Crippen LogP contribution in [-0.2, 0) is 14.3 Å². The van der Waals surface area contributed by atoms with E-state index in [1.807, 2.05) is 30.3 Å². The molecule has 2 rings (SSSR count). The maximum Gasteiger partial charge on any atom is 1.00 e. The van der Waals surface area contributed by atoms with Gasteiger partial charge in [-0.15, -0.1) is 0 Å². The van der Waals surface area contributed by atoms with Crippen LogP contribution in [0.2, 0.25) is 0 Å². The Bertz CT molecular complexity index is 578. The van der Waals surface area contributed by atoms with Gasteiger partial charge in [0.2, 0.25) is 5.91 Å². The molecule has 1 fully saturated rings. The fourth-order valence-electron chi connectivity index (χ4n) is 3.48. The molecule has 6 nitrogen and oxygen atoms in total. The average Bonchev–Trinajstić information content (AvgIpc) is 3.14. The van der Waals surface area contributed by atoms with Crippen molar-refractivity contribution in [2.24, 2.45) is 5.92 Å². The molecule has 1 aromatic rings. The summed E-state index contributed by atoms with van der Waals surface area (Å²) in [5.41, 5.74) is 0.838. The van der Waals surface area contributed by atoms with Gasteiger partial charge in [0.1, 0.15) is 0 Å². The fraction of sp³-hybridized carbons (Fsp3) is 0.579. The summed E-state index contributed by atoms with van der Waals surface area (Å²) < 4.78 is 5.52. The number of carbonyl (C=O) groups excluding carboxylic acids is 2. The van der Waals surface area contributed by atoms with E-state index in [0.29, 0.717) is 0 Å². The number of carbonyl (C=O) groups is 2. The zero-order chi connectivity index (χ0) is 18.4. The second-order valence-corrected chi connectivity index (χ2v) is 6.70. The molecule has 0 spiro atoms. The molecule has 0 bridgehead atoms. The van der Waals surface area contributed by atoms with Crippen LogP contribution < -0.4 is 45.3 Å². The first kappa shape index (κ1) is 23.1. The molecule has 0 aromatic heterocycles. The predicted octanol–water partition coefficient (Wildman–Crippen LogP) is -2.57. The number of methoxy groups -OCH3 is 1. The van der Waals surface area contributed by atoms with Gasteiger partial charge in [-0.25, -0.2) is 0 Å². The Hall–Kier alpha value is -0.920. The Morgan fingerprint density at radius 3 is 2.42 bits per heavy atom. The number of carboxylic acids is 1. The minimum Gasteiger partial charge on any atom is -0.548 e. The monoisotopic (exact) mass is 370 g/mol. The van der Waals surface area contributed by atoms with Gasteiger partial charge in [-0.05, 0) is 24.9 Å². The summed E-state index contributed by atoms with van der Waals surface area (Å²) in [6.07, 6.45) is 1.70. The molecule has 1 saturated heterocycles. The third-order valence-electron chi connectivity index (χ3n) is 5.05. The smallest absolute Gasteiger partial charge is 0.548 e. The van der Waals surface area contributed by atoms with Crippen molar-refractivity contribution >= 4 is 11.9 Å². The molecule has 1 heterocycles. The van der Waals surface area contributed by atoms with Crippen LogP contribution in [0.5, 0.6) is 0 Å². The molecule has 1 aliphatic rings. The first-order chi connectivity index (χ1) is 12.0. The molecule has 7 heteroatoms. The van der Waals surface area contributed by atoms with Crippen LogP contribution in [0.15, 0.2) is 30.3 Å². The molecule has 0 radical (unpaired) electrons. The van der Waals surface area contributed by atoms with Gasteiger partial charge in [0.15, 0.2) is 0 Å².